The number of hydrogen-bond acceptors (Lipinski definition) is 4. The molecule has 2 N–H and O–H groups in total. The van der Waals surface area contributed by atoms with Gasteiger partial charge in [0.15, 0.2) is 0 Å². The van der Waals surface area contributed by atoms with Crippen molar-refractivity contribution in [3.63, 3.8) is 0 Å². The van der Waals surface area contributed by atoms with E-state index >= 15 is 0 Å². The third-order valence-corrected chi connectivity index (χ3v) is 5.49. The summed E-state index contributed by atoms with van der Waals surface area (Å²) in [6, 6.07) is 5.47. The third kappa shape index (κ3) is 4.00. The smallest absolute Gasteiger partial charge is 0.298 e. The van der Waals surface area contributed by atoms with Crippen LogP contribution in [0.3, 0.4) is 0 Å². The standard InChI is InChI=1S/C16H8Br2F4N2O3S/c17-7-1-6(2-8(18)3-7)14-13(15(16(21)22)27-24-14)9-4-11(20)12(5-10(9)19)28(23,25)26/h1-5,16H,(H2,23,25,26). The van der Waals surface area contributed by atoms with Crippen molar-refractivity contribution in [2.45, 2.75) is 11.3 Å². The summed E-state index contributed by atoms with van der Waals surface area (Å²) in [6.45, 7) is 0. The number of nitrogens with zero attached hydrogens (tertiary/aromatic N) is 1. The van der Waals surface area contributed by atoms with Gasteiger partial charge < -0.3 is 4.52 Å². The molecular weight excluding hydrogens is 536 g/mol. The van der Waals surface area contributed by atoms with Crippen molar-refractivity contribution in [2.24, 2.45) is 5.14 Å². The van der Waals surface area contributed by atoms with E-state index in [1.807, 2.05) is 0 Å². The SMILES string of the molecule is NS(=O)(=O)c1cc(F)c(-c2c(-c3cc(Br)cc(Br)c3)noc2C(F)F)cc1F. The summed E-state index contributed by atoms with van der Waals surface area (Å²) in [5.74, 6) is -3.68. The first-order chi connectivity index (χ1) is 13.0. The Morgan fingerprint density at radius 2 is 1.61 bits per heavy atom. The van der Waals surface area contributed by atoms with Gasteiger partial charge in [0.1, 0.15) is 22.2 Å². The molecule has 0 unspecified atom stereocenters. The van der Waals surface area contributed by atoms with Gasteiger partial charge in [0.2, 0.25) is 15.8 Å². The summed E-state index contributed by atoms with van der Waals surface area (Å²) in [4.78, 5) is -1.10. The molecule has 0 aliphatic carbocycles. The second kappa shape index (κ2) is 7.58. The highest BCUT2D eigenvalue weighted by Gasteiger charge is 2.29. The maximum absolute atomic E-state index is 14.6. The van der Waals surface area contributed by atoms with Gasteiger partial charge in [0.25, 0.3) is 6.43 Å². The van der Waals surface area contributed by atoms with Crippen molar-refractivity contribution >= 4 is 41.9 Å². The maximum atomic E-state index is 14.6. The zero-order valence-electron chi connectivity index (χ0n) is 13.4. The molecule has 1 heterocycles. The molecule has 0 saturated heterocycles. The van der Waals surface area contributed by atoms with Gasteiger partial charge >= 0.3 is 0 Å². The molecule has 0 bridgehead atoms. The van der Waals surface area contributed by atoms with Crippen LogP contribution in [-0.2, 0) is 10.0 Å². The molecule has 5 nitrogen and oxygen atoms in total. The van der Waals surface area contributed by atoms with E-state index in [9.17, 15) is 26.0 Å². The average molecular weight is 544 g/mol. The highest BCUT2D eigenvalue weighted by atomic mass is 79.9. The second-order valence-corrected chi connectivity index (χ2v) is 8.90. The van der Waals surface area contributed by atoms with E-state index < -0.39 is 49.9 Å². The van der Waals surface area contributed by atoms with Gasteiger partial charge in [-0.05, 0) is 30.3 Å². The van der Waals surface area contributed by atoms with Crippen LogP contribution in [0.2, 0.25) is 0 Å². The number of alkyl halides is 2. The fourth-order valence-electron chi connectivity index (χ4n) is 2.54. The molecule has 0 spiro atoms. The van der Waals surface area contributed by atoms with Gasteiger partial charge in [0.05, 0.1) is 5.56 Å². The molecule has 2 aromatic carbocycles. The minimum absolute atomic E-state index is 0.182. The largest absolute Gasteiger partial charge is 0.354 e. The Bertz CT molecular complexity index is 1160. The van der Waals surface area contributed by atoms with E-state index in [1.165, 1.54) is 12.1 Å². The minimum Gasteiger partial charge on any atom is -0.354 e. The van der Waals surface area contributed by atoms with Crippen molar-refractivity contribution in [1.82, 2.24) is 5.16 Å². The lowest BCUT2D eigenvalue weighted by atomic mass is 9.98. The van der Waals surface area contributed by atoms with Gasteiger partial charge in [-0.25, -0.2) is 31.1 Å². The van der Waals surface area contributed by atoms with Crippen LogP contribution < -0.4 is 5.14 Å². The quantitative estimate of drug-likeness (QED) is 0.447. The highest BCUT2D eigenvalue weighted by molar-refractivity contribution is 9.11. The van der Waals surface area contributed by atoms with Gasteiger partial charge in [-0.15, -0.1) is 0 Å². The van der Waals surface area contributed by atoms with Crippen LogP contribution in [0.15, 0.2) is 48.7 Å². The van der Waals surface area contributed by atoms with Gasteiger partial charge in [-0.3, -0.25) is 0 Å². The number of halogens is 6. The number of rotatable bonds is 4. The number of hydrogen-bond donors (Lipinski definition) is 1. The monoisotopic (exact) mass is 542 g/mol. The Morgan fingerprint density at radius 3 is 2.14 bits per heavy atom. The van der Waals surface area contributed by atoms with Crippen LogP contribution in [0.25, 0.3) is 22.4 Å². The highest BCUT2D eigenvalue weighted by Crippen LogP contribution is 2.42. The van der Waals surface area contributed by atoms with Crippen LogP contribution in [0, 0.1) is 11.6 Å². The number of aromatic nitrogens is 1. The van der Waals surface area contributed by atoms with Crippen molar-refractivity contribution < 1.29 is 30.5 Å². The summed E-state index contributed by atoms with van der Waals surface area (Å²) in [5, 5.41) is 8.41. The van der Waals surface area contributed by atoms with E-state index in [0.717, 1.165) is 0 Å². The summed E-state index contributed by atoms with van der Waals surface area (Å²) in [6.07, 6.45) is -3.19. The Balaban J connectivity index is 2.33. The summed E-state index contributed by atoms with van der Waals surface area (Å²) < 4.78 is 84.2. The van der Waals surface area contributed by atoms with Crippen molar-refractivity contribution in [2.75, 3.05) is 0 Å². The lowest BCUT2D eigenvalue weighted by molar-refractivity contribution is 0.113. The summed E-state index contributed by atoms with van der Waals surface area (Å²) in [7, 11) is -4.56. The number of primary sulfonamides is 1. The molecule has 1 aromatic heterocycles. The molecule has 148 valence electrons. The van der Waals surface area contributed by atoms with Crippen LogP contribution >= 0.6 is 31.9 Å². The molecule has 0 radical (unpaired) electrons. The molecule has 12 heteroatoms. The summed E-state index contributed by atoms with van der Waals surface area (Å²) in [5.41, 5.74) is -1.06. The molecule has 0 aliphatic rings. The molecule has 0 aliphatic heterocycles. The van der Waals surface area contributed by atoms with Crippen LogP contribution in [-0.4, -0.2) is 13.6 Å². The fourth-order valence-corrected chi connectivity index (χ4v) is 4.43. The second-order valence-electron chi connectivity index (χ2n) is 5.54. The summed E-state index contributed by atoms with van der Waals surface area (Å²) >= 11 is 6.47. The first-order valence-electron chi connectivity index (χ1n) is 7.25. The van der Waals surface area contributed by atoms with Gasteiger partial charge in [-0.2, -0.15) is 0 Å². The topological polar surface area (TPSA) is 86.2 Å². The zero-order valence-corrected chi connectivity index (χ0v) is 17.4. The van der Waals surface area contributed by atoms with Crippen LogP contribution in [0.1, 0.15) is 12.2 Å². The van der Waals surface area contributed by atoms with E-state index in [0.29, 0.717) is 21.1 Å². The average Bonchev–Trinajstić information content (AvgIpc) is 2.99. The molecular formula is C16H8Br2F4N2O3S. The number of nitrogens with two attached hydrogens (primary N) is 1. The van der Waals surface area contributed by atoms with Gasteiger partial charge in [-0.1, -0.05) is 37.0 Å². The molecule has 0 amide bonds. The van der Waals surface area contributed by atoms with Crippen molar-refractivity contribution in [3.8, 4) is 22.4 Å². The van der Waals surface area contributed by atoms with Crippen LogP contribution in [0.5, 0.6) is 0 Å². The van der Waals surface area contributed by atoms with E-state index in [-0.39, 0.29) is 11.3 Å². The zero-order chi connectivity index (χ0) is 20.8. The maximum Gasteiger partial charge on any atom is 0.298 e. The Kier molecular flexibility index (Phi) is 5.67. The molecule has 28 heavy (non-hydrogen) atoms. The Morgan fingerprint density at radius 1 is 1.00 bits per heavy atom. The predicted molar refractivity (Wildman–Crippen MR) is 99.0 cm³/mol. The molecule has 0 fully saturated rings. The van der Waals surface area contributed by atoms with E-state index in [2.05, 4.69) is 41.5 Å². The first-order valence-corrected chi connectivity index (χ1v) is 10.4. The first kappa shape index (κ1) is 21.0. The van der Waals surface area contributed by atoms with Gasteiger partial charge in [0, 0.05) is 20.1 Å². The lowest BCUT2D eigenvalue weighted by Crippen LogP contribution is -2.14. The molecule has 3 aromatic rings. The van der Waals surface area contributed by atoms with Crippen molar-refractivity contribution in [1.29, 1.82) is 0 Å². The van der Waals surface area contributed by atoms with E-state index in [1.54, 1.807) is 6.07 Å². The molecule has 3 rings (SSSR count). The molecule has 0 saturated carbocycles. The number of benzene rings is 2. The third-order valence-electron chi connectivity index (χ3n) is 3.65. The Labute approximate surface area is 172 Å². The fraction of sp³-hybridized carbons (Fsp3) is 0.0625. The number of sulfonamides is 1. The minimum atomic E-state index is -4.56. The normalized spacial score (nSPS) is 12.0. The van der Waals surface area contributed by atoms with E-state index in [4.69, 9.17) is 5.14 Å². The van der Waals surface area contributed by atoms with Crippen molar-refractivity contribution in [3.05, 3.63) is 56.7 Å². The molecule has 0 atom stereocenters. The lowest BCUT2D eigenvalue weighted by Gasteiger charge is -2.09. The Hall–Kier alpha value is -1.76. The van der Waals surface area contributed by atoms with Crippen LogP contribution in [0.4, 0.5) is 17.6 Å². The predicted octanol–water partition coefficient (Wildman–Crippen LogP) is 5.40.